The van der Waals surface area contributed by atoms with Crippen LogP contribution in [0, 0.1) is 11.6 Å². The minimum Gasteiger partial charge on any atom is -0.454 e. The Hall–Kier alpha value is -3.09. The SMILES string of the molecule is O=C(COC(=O)c1cccc(CN2CCCC2=O)c1)c1ccc(F)c(F)c1. The van der Waals surface area contributed by atoms with Crippen LogP contribution < -0.4 is 0 Å². The first-order valence-electron chi connectivity index (χ1n) is 8.46. The zero-order valence-electron chi connectivity index (χ0n) is 14.4. The number of nitrogens with zero attached hydrogens (tertiary/aromatic N) is 1. The lowest BCUT2D eigenvalue weighted by molar-refractivity contribution is -0.128. The van der Waals surface area contributed by atoms with Crippen molar-refractivity contribution in [2.45, 2.75) is 19.4 Å². The van der Waals surface area contributed by atoms with Gasteiger partial charge in [0.2, 0.25) is 5.91 Å². The maximum absolute atomic E-state index is 13.2. The van der Waals surface area contributed by atoms with Gasteiger partial charge in [-0.1, -0.05) is 12.1 Å². The summed E-state index contributed by atoms with van der Waals surface area (Å²) >= 11 is 0. The van der Waals surface area contributed by atoms with Gasteiger partial charge in [-0.3, -0.25) is 9.59 Å². The molecule has 1 amide bonds. The predicted octanol–water partition coefficient (Wildman–Crippen LogP) is 3.13. The second-order valence-corrected chi connectivity index (χ2v) is 6.25. The summed E-state index contributed by atoms with van der Waals surface area (Å²) in [5.41, 5.74) is 0.951. The molecule has 2 aromatic rings. The van der Waals surface area contributed by atoms with E-state index in [-0.39, 0.29) is 17.0 Å². The lowest BCUT2D eigenvalue weighted by atomic mass is 10.1. The number of likely N-dealkylation sites (tertiary alicyclic amines) is 1. The molecule has 0 unspecified atom stereocenters. The van der Waals surface area contributed by atoms with Gasteiger partial charge >= 0.3 is 5.97 Å². The summed E-state index contributed by atoms with van der Waals surface area (Å²) in [7, 11) is 0. The molecule has 1 aliphatic rings. The van der Waals surface area contributed by atoms with Gasteiger partial charge in [-0.2, -0.15) is 0 Å². The number of ether oxygens (including phenoxy) is 1. The Morgan fingerprint density at radius 1 is 1.04 bits per heavy atom. The van der Waals surface area contributed by atoms with Crippen LogP contribution in [0.1, 0.15) is 39.1 Å². The van der Waals surface area contributed by atoms with E-state index < -0.39 is 30.0 Å². The summed E-state index contributed by atoms with van der Waals surface area (Å²) in [6, 6.07) is 9.35. The molecule has 0 atom stereocenters. The van der Waals surface area contributed by atoms with E-state index >= 15 is 0 Å². The highest BCUT2D eigenvalue weighted by molar-refractivity contribution is 5.99. The van der Waals surface area contributed by atoms with Gasteiger partial charge in [0.1, 0.15) is 0 Å². The number of carbonyl (C=O) groups is 3. The van der Waals surface area contributed by atoms with E-state index in [0.717, 1.165) is 30.2 Å². The summed E-state index contributed by atoms with van der Waals surface area (Å²) in [4.78, 5) is 37.6. The molecular weight excluding hydrogens is 356 g/mol. The molecule has 0 radical (unpaired) electrons. The van der Waals surface area contributed by atoms with Crippen molar-refractivity contribution in [3.05, 3.63) is 70.8 Å². The van der Waals surface area contributed by atoms with E-state index in [0.29, 0.717) is 19.5 Å². The number of benzene rings is 2. The number of hydrogen-bond donors (Lipinski definition) is 0. The van der Waals surface area contributed by atoms with Gasteiger partial charge in [0.25, 0.3) is 0 Å². The van der Waals surface area contributed by atoms with Gasteiger partial charge in [-0.25, -0.2) is 13.6 Å². The zero-order chi connectivity index (χ0) is 19.4. The van der Waals surface area contributed by atoms with Crippen LogP contribution in [0.5, 0.6) is 0 Å². The van der Waals surface area contributed by atoms with Crippen molar-refractivity contribution in [2.75, 3.05) is 13.2 Å². The third kappa shape index (κ3) is 4.55. The fourth-order valence-electron chi connectivity index (χ4n) is 2.86. The molecule has 27 heavy (non-hydrogen) atoms. The average molecular weight is 373 g/mol. The standard InChI is InChI=1S/C20H17F2NO4/c21-16-7-6-14(10-17(16)22)18(24)12-27-20(26)15-4-1-3-13(9-15)11-23-8-2-5-19(23)25/h1,3-4,6-7,9-10H,2,5,8,11-12H2. The summed E-state index contributed by atoms with van der Waals surface area (Å²) < 4.78 is 31.1. The lowest BCUT2D eigenvalue weighted by Crippen LogP contribution is -2.24. The Morgan fingerprint density at radius 2 is 1.85 bits per heavy atom. The Kier molecular flexibility index (Phi) is 5.59. The molecule has 0 saturated carbocycles. The Balaban J connectivity index is 1.60. The van der Waals surface area contributed by atoms with E-state index in [1.807, 2.05) is 0 Å². The van der Waals surface area contributed by atoms with E-state index in [1.54, 1.807) is 29.2 Å². The van der Waals surface area contributed by atoms with Gasteiger partial charge in [0.15, 0.2) is 24.0 Å². The monoisotopic (exact) mass is 373 g/mol. The summed E-state index contributed by atoms with van der Waals surface area (Å²) in [6.07, 6.45) is 1.36. The van der Waals surface area contributed by atoms with Gasteiger partial charge in [-0.05, 0) is 42.3 Å². The van der Waals surface area contributed by atoms with Gasteiger partial charge in [-0.15, -0.1) is 0 Å². The third-order valence-corrected chi connectivity index (χ3v) is 4.28. The molecule has 1 aliphatic heterocycles. The molecule has 1 fully saturated rings. The predicted molar refractivity (Wildman–Crippen MR) is 92.1 cm³/mol. The quantitative estimate of drug-likeness (QED) is 0.577. The van der Waals surface area contributed by atoms with Crippen molar-refractivity contribution in [3.63, 3.8) is 0 Å². The van der Waals surface area contributed by atoms with Crippen LogP contribution in [0.2, 0.25) is 0 Å². The van der Waals surface area contributed by atoms with E-state index in [1.165, 1.54) is 0 Å². The highest BCUT2D eigenvalue weighted by Gasteiger charge is 2.20. The number of Topliss-reactive ketones (excluding diaryl/α,β-unsaturated/α-hetero) is 1. The smallest absolute Gasteiger partial charge is 0.338 e. The van der Waals surface area contributed by atoms with Crippen LogP contribution in [0.3, 0.4) is 0 Å². The minimum absolute atomic E-state index is 0.0806. The first kappa shape index (κ1) is 18.7. The molecule has 0 aliphatic carbocycles. The molecular formula is C20H17F2NO4. The molecule has 0 bridgehead atoms. The van der Waals surface area contributed by atoms with E-state index in [9.17, 15) is 23.2 Å². The molecule has 1 saturated heterocycles. The molecule has 5 nitrogen and oxygen atoms in total. The Labute approximate surface area is 154 Å². The van der Waals surface area contributed by atoms with Crippen molar-refractivity contribution in [3.8, 4) is 0 Å². The number of carbonyl (C=O) groups excluding carboxylic acids is 3. The summed E-state index contributed by atoms with van der Waals surface area (Å²) in [5.74, 6) is -3.46. The largest absolute Gasteiger partial charge is 0.454 e. The molecule has 7 heteroatoms. The van der Waals surface area contributed by atoms with Gasteiger partial charge < -0.3 is 9.64 Å². The molecule has 0 aromatic heterocycles. The Morgan fingerprint density at radius 3 is 2.56 bits per heavy atom. The van der Waals surface area contributed by atoms with Crippen LogP contribution >= 0.6 is 0 Å². The number of ketones is 1. The fraction of sp³-hybridized carbons (Fsp3) is 0.250. The minimum atomic E-state index is -1.14. The first-order valence-corrected chi connectivity index (χ1v) is 8.46. The van der Waals surface area contributed by atoms with Crippen LogP contribution in [0.15, 0.2) is 42.5 Å². The molecule has 140 valence electrons. The second-order valence-electron chi connectivity index (χ2n) is 6.25. The lowest BCUT2D eigenvalue weighted by Gasteiger charge is -2.15. The summed E-state index contributed by atoms with van der Waals surface area (Å²) in [5, 5.41) is 0. The van der Waals surface area contributed by atoms with Crippen molar-refractivity contribution < 1.29 is 27.9 Å². The molecule has 3 rings (SSSR count). The van der Waals surface area contributed by atoms with Crippen LogP contribution in [0.4, 0.5) is 8.78 Å². The number of esters is 1. The van der Waals surface area contributed by atoms with Crippen molar-refractivity contribution in [1.29, 1.82) is 0 Å². The highest BCUT2D eigenvalue weighted by Crippen LogP contribution is 2.16. The van der Waals surface area contributed by atoms with Crippen molar-refractivity contribution >= 4 is 17.7 Å². The van der Waals surface area contributed by atoms with Crippen LogP contribution in [-0.2, 0) is 16.1 Å². The second kappa shape index (κ2) is 8.07. The van der Waals surface area contributed by atoms with Gasteiger partial charge in [0, 0.05) is 25.1 Å². The molecule has 0 N–H and O–H groups in total. The van der Waals surface area contributed by atoms with Crippen molar-refractivity contribution in [2.24, 2.45) is 0 Å². The maximum atomic E-state index is 13.2. The first-order chi connectivity index (χ1) is 12.9. The summed E-state index contributed by atoms with van der Waals surface area (Å²) in [6.45, 7) is 0.517. The number of amides is 1. The fourth-order valence-corrected chi connectivity index (χ4v) is 2.86. The molecule has 2 aromatic carbocycles. The average Bonchev–Trinajstić information content (AvgIpc) is 3.06. The number of rotatable bonds is 6. The zero-order valence-corrected chi connectivity index (χ0v) is 14.4. The van der Waals surface area contributed by atoms with Crippen molar-refractivity contribution in [1.82, 2.24) is 4.90 Å². The number of halogens is 2. The van der Waals surface area contributed by atoms with Crippen LogP contribution in [-0.4, -0.2) is 35.7 Å². The highest BCUT2D eigenvalue weighted by atomic mass is 19.2. The molecule has 1 heterocycles. The third-order valence-electron chi connectivity index (χ3n) is 4.28. The normalized spacial score (nSPS) is 13.7. The van der Waals surface area contributed by atoms with Crippen LogP contribution in [0.25, 0.3) is 0 Å². The topological polar surface area (TPSA) is 63.7 Å². The van der Waals surface area contributed by atoms with E-state index in [2.05, 4.69) is 0 Å². The van der Waals surface area contributed by atoms with E-state index in [4.69, 9.17) is 4.74 Å². The van der Waals surface area contributed by atoms with Gasteiger partial charge in [0.05, 0.1) is 5.56 Å². The number of hydrogen-bond acceptors (Lipinski definition) is 4. The maximum Gasteiger partial charge on any atom is 0.338 e. The molecule has 0 spiro atoms. The Bertz CT molecular complexity index is 897.